The number of benzene rings is 2. The molecule has 0 atom stereocenters. The number of halogens is 1. The molecule has 0 unspecified atom stereocenters. The van der Waals surface area contributed by atoms with Crippen molar-refractivity contribution in [3.63, 3.8) is 0 Å². The van der Waals surface area contributed by atoms with Gasteiger partial charge in [-0.1, -0.05) is 28.1 Å². The van der Waals surface area contributed by atoms with E-state index in [1.165, 1.54) is 0 Å². The average molecular weight is 442 g/mol. The summed E-state index contributed by atoms with van der Waals surface area (Å²) in [6.07, 6.45) is 1.20. The topological polar surface area (TPSA) is 71.0 Å². The number of nitrogens with zero attached hydrogens (tertiary/aromatic N) is 2. The molecule has 28 heavy (non-hydrogen) atoms. The first kappa shape index (κ1) is 18.7. The Morgan fingerprint density at radius 1 is 1.11 bits per heavy atom. The fourth-order valence-corrected chi connectivity index (χ4v) is 3.86. The smallest absolute Gasteiger partial charge is 0.272 e. The van der Waals surface area contributed by atoms with E-state index in [0.717, 1.165) is 15.8 Å². The number of hydrogen-bond acceptors (Lipinski definition) is 4. The summed E-state index contributed by atoms with van der Waals surface area (Å²) in [5, 5.41) is 3.04. The molecular weight excluding hydrogens is 422 g/mol. The van der Waals surface area contributed by atoms with Crippen LogP contribution in [0.4, 0.5) is 0 Å². The molecule has 2 aliphatic rings. The van der Waals surface area contributed by atoms with Crippen LogP contribution in [0.1, 0.15) is 28.8 Å². The average Bonchev–Trinajstić information content (AvgIpc) is 3.04. The van der Waals surface area contributed by atoms with Crippen molar-refractivity contribution in [1.82, 2.24) is 10.2 Å². The summed E-state index contributed by atoms with van der Waals surface area (Å²) in [6.45, 7) is 1.09. The van der Waals surface area contributed by atoms with E-state index in [9.17, 15) is 9.59 Å². The van der Waals surface area contributed by atoms with Gasteiger partial charge in [0.2, 0.25) is 0 Å². The van der Waals surface area contributed by atoms with E-state index in [2.05, 4.69) is 21.2 Å². The number of piperidine rings is 1. The van der Waals surface area contributed by atoms with Crippen LogP contribution in [0.15, 0.2) is 58.0 Å². The van der Waals surface area contributed by atoms with Crippen molar-refractivity contribution in [3.8, 4) is 5.75 Å². The molecule has 1 spiro atoms. The monoisotopic (exact) mass is 441 g/mol. The lowest BCUT2D eigenvalue weighted by Crippen LogP contribution is -2.52. The number of likely N-dealkylation sites (tertiary alicyclic amines) is 1. The van der Waals surface area contributed by atoms with Gasteiger partial charge < -0.3 is 15.0 Å². The third-order valence-electron chi connectivity index (χ3n) is 5.22. The Hall–Kier alpha value is -2.67. The van der Waals surface area contributed by atoms with Crippen molar-refractivity contribution in [3.05, 3.63) is 64.1 Å². The maximum Gasteiger partial charge on any atom is 0.272 e. The zero-order valence-electron chi connectivity index (χ0n) is 15.4. The molecule has 2 heterocycles. The van der Waals surface area contributed by atoms with E-state index in [4.69, 9.17) is 9.73 Å². The van der Waals surface area contributed by atoms with Gasteiger partial charge in [-0.25, -0.2) is 0 Å². The highest BCUT2D eigenvalue weighted by atomic mass is 79.9. The molecule has 4 rings (SSSR count). The molecule has 2 aliphatic heterocycles. The van der Waals surface area contributed by atoms with Crippen LogP contribution in [-0.2, 0) is 4.79 Å². The lowest BCUT2D eigenvalue weighted by atomic mass is 9.97. The SMILES string of the molecule is COc1ccc(C(=O)N2CCC3(CC2)N=C(c2ccc(Br)cc2)C(=O)N3)cc1. The summed E-state index contributed by atoms with van der Waals surface area (Å²) in [7, 11) is 1.60. The van der Waals surface area contributed by atoms with Crippen LogP contribution in [0.2, 0.25) is 0 Å². The summed E-state index contributed by atoms with van der Waals surface area (Å²) < 4.78 is 6.09. The molecule has 2 aromatic carbocycles. The van der Waals surface area contributed by atoms with Crippen molar-refractivity contribution < 1.29 is 14.3 Å². The Bertz CT molecular complexity index is 930. The van der Waals surface area contributed by atoms with E-state index < -0.39 is 5.66 Å². The third kappa shape index (κ3) is 3.54. The van der Waals surface area contributed by atoms with Crippen molar-refractivity contribution >= 4 is 33.5 Å². The van der Waals surface area contributed by atoms with Gasteiger partial charge in [0.05, 0.1) is 7.11 Å². The van der Waals surface area contributed by atoms with Crippen LogP contribution in [0.25, 0.3) is 0 Å². The molecule has 1 saturated heterocycles. The first-order valence-corrected chi connectivity index (χ1v) is 9.91. The fourth-order valence-electron chi connectivity index (χ4n) is 3.60. The van der Waals surface area contributed by atoms with Gasteiger partial charge in [-0.05, 0) is 36.4 Å². The molecule has 0 radical (unpaired) electrons. The number of hydrogen-bond donors (Lipinski definition) is 1. The minimum absolute atomic E-state index is 0.0149. The molecule has 7 heteroatoms. The lowest BCUT2D eigenvalue weighted by molar-refractivity contribution is -0.115. The van der Waals surface area contributed by atoms with Crippen molar-refractivity contribution in [1.29, 1.82) is 0 Å². The number of carbonyl (C=O) groups excluding carboxylic acids is 2. The zero-order chi connectivity index (χ0) is 19.7. The summed E-state index contributed by atoms with van der Waals surface area (Å²) in [5.74, 6) is 0.550. The molecular formula is C21H20BrN3O3. The van der Waals surface area contributed by atoms with Crippen molar-refractivity contribution in [2.24, 2.45) is 4.99 Å². The molecule has 0 saturated carbocycles. The van der Waals surface area contributed by atoms with Crippen LogP contribution in [0.5, 0.6) is 5.75 Å². The number of aliphatic imine (C=N–C) groups is 1. The Labute approximate surface area is 171 Å². The molecule has 1 N–H and O–H groups in total. The Morgan fingerprint density at radius 2 is 1.75 bits per heavy atom. The second-order valence-corrected chi connectivity index (χ2v) is 7.89. The van der Waals surface area contributed by atoms with Gasteiger partial charge in [-0.3, -0.25) is 14.6 Å². The number of methoxy groups -OCH3 is 1. The molecule has 1 fully saturated rings. The molecule has 0 bridgehead atoms. The first-order valence-electron chi connectivity index (χ1n) is 9.11. The predicted molar refractivity (Wildman–Crippen MR) is 110 cm³/mol. The molecule has 6 nitrogen and oxygen atoms in total. The lowest BCUT2D eigenvalue weighted by Gasteiger charge is -2.37. The van der Waals surface area contributed by atoms with Gasteiger partial charge in [0, 0.05) is 41.5 Å². The van der Waals surface area contributed by atoms with E-state index >= 15 is 0 Å². The second-order valence-electron chi connectivity index (χ2n) is 6.97. The van der Waals surface area contributed by atoms with Gasteiger partial charge in [0.1, 0.15) is 17.1 Å². The van der Waals surface area contributed by atoms with Crippen LogP contribution in [-0.4, -0.2) is 48.3 Å². The Kier molecular flexibility index (Phi) is 4.93. The van der Waals surface area contributed by atoms with Crippen LogP contribution >= 0.6 is 15.9 Å². The van der Waals surface area contributed by atoms with Crippen molar-refractivity contribution in [2.45, 2.75) is 18.5 Å². The maximum absolute atomic E-state index is 12.7. The largest absolute Gasteiger partial charge is 0.497 e. The third-order valence-corrected chi connectivity index (χ3v) is 5.75. The number of rotatable bonds is 3. The first-order chi connectivity index (χ1) is 13.5. The molecule has 0 aromatic heterocycles. The molecule has 2 amide bonds. The van der Waals surface area contributed by atoms with Gasteiger partial charge in [0.15, 0.2) is 0 Å². The van der Waals surface area contributed by atoms with Crippen LogP contribution in [0, 0.1) is 0 Å². The van der Waals surface area contributed by atoms with Crippen molar-refractivity contribution in [2.75, 3.05) is 20.2 Å². The van der Waals surface area contributed by atoms with Gasteiger partial charge in [0.25, 0.3) is 11.8 Å². The molecule has 144 valence electrons. The Morgan fingerprint density at radius 3 is 2.36 bits per heavy atom. The number of ether oxygens (including phenoxy) is 1. The van der Waals surface area contributed by atoms with Gasteiger partial charge in [-0.15, -0.1) is 0 Å². The van der Waals surface area contributed by atoms with E-state index in [1.807, 2.05) is 29.2 Å². The highest BCUT2D eigenvalue weighted by Crippen LogP contribution is 2.30. The highest BCUT2D eigenvalue weighted by molar-refractivity contribution is 9.10. The van der Waals surface area contributed by atoms with E-state index in [1.54, 1.807) is 31.4 Å². The maximum atomic E-state index is 12.7. The number of nitrogens with one attached hydrogen (secondary N) is 1. The van der Waals surface area contributed by atoms with E-state index in [-0.39, 0.29) is 11.8 Å². The zero-order valence-corrected chi connectivity index (χ0v) is 17.0. The number of amides is 2. The van der Waals surface area contributed by atoms with Crippen LogP contribution in [0.3, 0.4) is 0 Å². The summed E-state index contributed by atoms with van der Waals surface area (Å²) in [4.78, 5) is 31.8. The fraction of sp³-hybridized carbons (Fsp3) is 0.286. The summed E-state index contributed by atoms with van der Waals surface area (Å²) >= 11 is 3.40. The number of carbonyl (C=O) groups is 2. The normalized spacial score (nSPS) is 18.0. The quantitative estimate of drug-likeness (QED) is 0.795. The minimum atomic E-state index is -0.615. The standard InChI is InChI=1S/C21H20BrN3O3/c1-28-17-8-4-15(5-9-17)20(27)25-12-10-21(11-13-25)23-18(19(26)24-21)14-2-6-16(22)7-3-14/h2-9H,10-13H2,1H3,(H,24,26). The van der Waals surface area contributed by atoms with Gasteiger partial charge in [-0.2, -0.15) is 0 Å². The molecule has 2 aromatic rings. The summed E-state index contributed by atoms with van der Waals surface area (Å²) in [5.41, 5.74) is 1.28. The molecule has 0 aliphatic carbocycles. The summed E-state index contributed by atoms with van der Waals surface area (Å²) in [6, 6.07) is 14.7. The Balaban J connectivity index is 1.46. The minimum Gasteiger partial charge on any atom is -0.497 e. The predicted octanol–water partition coefficient (Wildman–Crippen LogP) is 3.01. The van der Waals surface area contributed by atoms with E-state index in [0.29, 0.717) is 37.2 Å². The van der Waals surface area contributed by atoms with Crippen LogP contribution < -0.4 is 10.1 Å². The van der Waals surface area contributed by atoms with Gasteiger partial charge >= 0.3 is 0 Å². The second kappa shape index (κ2) is 7.39. The highest BCUT2D eigenvalue weighted by Gasteiger charge is 2.42.